The van der Waals surface area contributed by atoms with E-state index in [1.54, 1.807) is 6.20 Å². The standard InChI is InChI=1S/C12H18N4O/c1-16(2)11-6-5-9(8-14-11)15-12(17)10-4-3-7-13-10/h5-6,8,10,13H,3-4,7H2,1-2H3,(H,15,17). The van der Waals surface area contributed by atoms with Crippen molar-refractivity contribution >= 4 is 17.4 Å². The summed E-state index contributed by atoms with van der Waals surface area (Å²) in [7, 11) is 3.87. The monoisotopic (exact) mass is 234 g/mol. The molecule has 2 N–H and O–H groups in total. The van der Waals surface area contributed by atoms with E-state index in [1.807, 2.05) is 31.1 Å². The molecule has 1 amide bonds. The van der Waals surface area contributed by atoms with Gasteiger partial charge < -0.3 is 15.5 Å². The number of amides is 1. The third-order valence-corrected chi connectivity index (χ3v) is 2.85. The molecule has 2 rings (SSSR count). The quantitative estimate of drug-likeness (QED) is 0.813. The number of anilines is 2. The number of carbonyl (C=O) groups is 1. The number of carbonyl (C=O) groups excluding carboxylic acids is 1. The number of aromatic nitrogens is 1. The smallest absolute Gasteiger partial charge is 0.241 e. The molecule has 92 valence electrons. The summed E-state index contributed by atoms with van der Waals surface area (Å²) in [6.45, 7) is 0.926. The van der Waals surface area contributed by atoms with Gasteiger partial charge in [-0.1, -0.05) is 0 Å². The Hall–Kier alpha value is -1.62. The van der Waals surface area contributed by atoms with Gasteiger partial charge in [-0.2, -0.15) is 0 Å². The van der Waals surface area contributed by atoms with Crippen molar-refractivity contribution < 1.29 is 4.79 Å². The maximum Gasteiger partial charge on any atom is 0.241 e. The fraction of sp³-hybridized carbons (Fsp3) is 0.500. The summed E-state index contributed by atoms with van der Waals surface area (Å²) in [6, 6.07) is 3.70. The van der Waals surface area contributed by atoms with Gasteiger partial charge in [0.05, 0.1) is 17.9 Å². The van der Waals surface area contributed by atoms with E-state index in [4.69, 9.17) is 0 Å². The maximum absolute atomic E-state index is 11.8. The molecule has 1 saturated heterocycles. The van der Waals surface area contributed by atoms with Crippen molar-refractivity contribution in [2.45, 2.75) is 18.9 Å². The van der Waals surface area contributed by atoms with Gasteiger partial charge in [-0.3, -0.25) is 4.79 Å². The van der Waals surface area contributed by atoms with Gasteiger partial charge >= 0.3 is 0 Å². The van der Waals surface area contributed by atoms with E-state index < -0.39 is 0 Å². The molecule has 0 bridgehead atoms. The average molecular weight is 234 g/mol. The number of nitrogens with zero attached hydrogens (tertiary/aromatic N) is 2. The Labute approximate surface area is 101 Å². The first-order chi connectivity index (χ1) is 8.16. The maximum atomic E-state index is 11.8. The lowest BCUT2D eigenvalue weighted by Crippen LogP contribution is -2.35. The zero-order valence-corrected chi connectivity index (χ0v) is 10.2. The predicted octanol–water partition coefficient (Wildman–Crippen LogP) is 0.838. The van der Waals surface area contributed by atoms with Crippen LogP contribution < -0.4 is 15.5 Å². The van der Waals surface area contributed by atoms with Crippen molar-refractivity contribution in [3.8, 4) is 0 Å². The fourth-order valence-corrected chi connectivity index (χ4v) is 1.86. The van der Waals surface area contributed by atoms with Gasteiger partial charge in [-0.15, -0.1) is 0 Å². The van der Waals surface area contributed by atoms with E-state index in [9.17, 15) is 4.79 Å². The van der Waals surface area contributed by atoms with Crippen molar-refractivity contribution in [1.82, 2.24) is 10.3 Å². The molecule has 0 aromatic carbocycles. The number of nitrogens with one attached hydrogen (secondary N) is 2. The molecule has 1 aliphatic heterocycles. The molecular formula is C12H18N4O. The number of hydrogen-bond acceptors (Lipinski definition) is 4. The van der Waals surface area contributed by atoms with E-state index in [2.05, 4.69) is 15.6 Å². The highest BCUT2D eigenvalue weighted by Crippen LogP contribution is 2.13. The first-order valence-electron chi connectivity index (χ1n) is 5.84. The number of pyridine rings is 1. The molecule has 1 unspecified atom stereocenters. The summed E-state index contributed by atoms with van der Waals surface area (Å²) in [6.07, 6.45) is 3.66. The van der Waals surface area contributed by atoms with Crippen LogP contribution >= 0.6 is 0 Å². The Bertz CT molecular complexity index is 382. The van der Waals surface area contributed by atoms with Crippen LogP contribution in [0.5, 0.6) is 0 Å². The summed E-state index contributed by atoms with van der Waals surface area (Å²) >= 11 is 0. The van der Waals surface area contributed by atoms with Crippen LogP contribution in [0.2, 0.25) is 0 Å². The van der Waals surface area contributed by atoms with Gasteiger partial charge in [-0.05, 0) is 31.5 Å². The third kappa shape index (κ3) is 2.94. The second-order valence-corrected chi connectivity index (χ2v) is 4.44. The topological polar surface area (TPSA) is 57.3 Å². The minimum atomic E-state index is -0.0523. The first kappa shape index (κ1) is 11.9. The molecule has 0 saturated carbocycles. The van der Waals surface area contributed by atoms with E-state index in [1.165, 1.54) is 0 Å². The summed E-state index contributed by atoms with van der Waals surface area (Å²) in [5.41, 5.74) is 0.745. The molecule has 0 aliphatic carbocycles. The van der Waals surface area contributed by atoms with Crippen LogP contribution in [0.1, 0.15) is 12.8 Å². The van der Waals surface area contributed by atoms with Crippen molar-refractivity contribution in [3.05, 3.63) is 18.3 Å². The molecule has 17 heavy (non-hydrogen) atoms. The van der Waals surface area contributed by atoms with Crippen LogP contribution in [0.15, 0.2) is 18.3 Å². The molecule has 5 nitrogen and oxygen atoms in total. The molecule has 1 fully saturated rings. The van der Waals surface area contributed by atoms with Gasteiger partial charge in [-0.25, -0.2) is 4.98 Å². The second kappa shape index (κ2) is 5.14. The lowest BCUT2D eigenvalue weighted by atomic mass is 10.2. The molecule has 1 atom stereocenters. The van der Waals surface area contributed by atoms with Gasteiger partial charge in [0.25, 0.3) is 0 Å². The van der Waals surface area contributed by atoms with Crippen molar-refractivity contribution in [1.29, 1.82) is 0 Å². The Kier molecular flexibility index (Phi) is 3.58. The van der Waals surface area contributed by atoms with Gasteiger partial charge in [0.1, 0.15) is 5.82 Å². The zero-order valence-electron chi connectivity index (χ0n) is 10.2. The van der Waals surface area contributed by atoms with Crippen LogP contribution in [-0.2, 0) is 4.79 Å². The lowest BCUT2D eigenvalue weighted by molar-refractivity contribution is -0.117. The lowest BCUT2D eigenvalue weighted by Gasteiger charge is -2.13. The van der Waals surface area contributed by atoms with Crippen LogP contribution in [-0.4, -0.2) is 37.6 Å². The van der Waals surface area contributed by atoms with Crippen LogP contribution in [0, 0.1) is 0 Å². The highest BCUT2D eigenvalue weighted by atomic mass is 16.2. The third-order valence-electron chi connectivity index (χ3n) is 2.85. The van der Waals surface area contributed by atoms with E-state index in [0.717, 1.165) is 30.9 Å². The SMILES string of the molecule is CN(C)c1ccc(NC(=O)C2CCCN2)cn1. The summed E-state index contributed by atoms with van der Waals surface area (Å²) in [5, 5.41) is 6.03. The van der Waals surface area contributed by atoms with E-state index in [-0.39, 0.29) is 11.9 Å². The van der Waals surface area contributed by atoms with Crippen molar-refractivity contribution in [2.75, 3.05) is 30.9 Å². The van der Waals surface area contributed by atoms with E-state index >= 15 is 0 Å². The van der Waals surface area contributed by atoms with Crippen LogP contribution in [0.4, 0.5) is 11.5 Å². The average Bonchev–Trinajstić information content (AvgIpc) is 2.83. The highest BCUT2D eigenvalue weighted by Gasteiger charge is 2.21. The van der Waals surface area contributed by atoms with Gasteiger partial charge in [0, 0.05) is 14.1 Å². The molecule has 5 heteroatoms. The largest absolute Gasteiger partial charge is 0.363 e. The zero-order chi connectivity index (χ0) is 12.3. The molecule has 1 aromatic heterocycles. The molecule has 1 aromatic rings. The van der Waals surface area contributed by atoms with Crippen molar-refractivity contribution in [2.24, 2.45) is 0 Å². The molecule has 0 radical (unpaired) electrons. The highest BCUT2D eigenvalue weighted by molar-refractivity contribution is 5.94. The first-order valence-corrected chi connectivity index (χ1v) is 5.84. The van der Waals surface area contributed by atoms with Crippen LogP contribution in [0.25, 0.3) is 0 Å². The number of hydrogen-bond donors (Lipinski definition) is 2. The normalized spacial score (nSPS) is 19.1. The minimum absolute atomic E-state index is 0.0295. The second-order valence-electron chi connectivity index (χ2n) is 4.44. The van der Waals surface area contributed by atoms with Gasteiger partial charge in [0.2, 0.25) is 5.91 Å². The summed E-state index contributed by atoms with van der Waals surface area (Å²) in [5.74, 6) is 0.906. The molecule has 1 aliphatic rings. The predicted molar refractivity (Wildman–Crippen MR) is 68.2 cm³/mol. The van der Waals surface area contributed by atoms with Crippen LogP contribution in [0.3, 0.4) is 0 Å². The fourth-order valence-electron chi connectivity index (χ4n) is 1.86. The Morgan fingerprint density at radius 3 is 2.88 bits per heavy atom. The number of rotatable bonds is 3. The molecule has 0 spiro atoms. The summed E-state index contributed by atoms with van der Waals surface area (Å²) in [4.78, 5) is 18.0. The van der Waals surface area contributed by atoms with E-state index in [0.29, 0.717) is 0 Å². The molecule has 2 heterocycles. The Balaban J connectivity index is 1.96. The molecular weight excluding hydrogens is 216 g/mol. The summed E-state index contributed by atoms with van der Waals surface area (Å²) < 4.78 is 0. The van der Waals surface area contributed by atoms with Crippen molar-refractivity contribution in [3.63, 3.8) is 0 Å². The Morgan fingerprint density at radius 1 is 1.53 bits per heavy atom. The Morgan fingerprint density at radius 2 is 2.35 bits per heavy atom. The van der Waals surface area contributed by atoms with Gasteiger partial charge in [0.15, 0.2) is 0 Å². The minimum Gasteiger partial charge on any atom is -0.363 e.